The van der Waals surface area contributed by atoms with Gasteiger partial charge in [0.05, 0.1) is 16.7 Å². The number of hydrogen-bond acceptors (Lipinski definition) is 5. The number of nitrogens with two attached hydrogens (primary N) is 2. The van der Waals surface area contributed by atoms with Crippen molar-refractivity contribution in [2.24, 2.45) is 16.5 Å². The Balaban J connectivity index is 0.000000796. The molecule has 0 bridgehead atoms. The molecular formula is C11H17N3O4S2. The molecule has 7 nitrogen and oxygen atoms in total. The summed E-state index contributed by atoms with van der Waals surface area (Å²) in [5.41, 5.74) is 9.80. The van der Waals surface area contributed by atoms with Crippen LogP contribution in [-0.4, -0.2) is 35.5 Å². The molecule has 0 heterocycles. The van der Waals surface area contributed by atoms with E-state index in [0.29, 0.717) is 12.1 Å². The number of aliphatic hydroxyl groups excluding tert-OH is 1. The summed E-state index contributed by atoms with van der Waals surface area (Å²) in [6, 6.07) is 5.48. The molecule has 9 heteroatoms. The normalized spacial score (nSPS) is 12.6. The summed E-state index contributed by atoms with van der Waals surface area (Å²) < 4.78 is 30.2. The standard InChI is InChI=1S/C10H13NO4S.CH4N2S/c1-8(12)6-7-11-9-2-4-10(5-3-9)16(13,14)15;2-1(3)4/h2-5,7-8,12H,6H2,1H3,(H,13,14,15);(H4,2,3,4). The van der Waals surface area contributed by atoms with Crippen LogP contribution in [0.1, 0.15) is 13.3 Å². The van der Waals surface area contributed by atoms with Crippen molar-refractivity contribution in [2.75, 3.05) is 0 Å². The van der Waals surface area contributed by atoms with E-state index < -0.39 is 16.2 Å². The zero-order chi connectivity index (χ0) is 15.8. The SMILES string of the molecule is CC(O)CC=Nc1ccc(S(=O)(=O)O)cc1.NC(N)=S. The first-order valence-electron chi connectivity index (χ1n) is 5.46. The van der Waals surface area contributed by atoms with Crippen LogP contribution in [-0.2, 0) is 10.1 Å². The van der Waals surface area contributed by atoms with Gasteiger partial charge in [-0.05, 0) is 43.4 Å². The van der Waals surface area contributed by atoms with Crippen LogP contribution in [0.3, 0.4) is 0 Å². The fourth-order valence-electron chi connectivity index (χ4n) is 1.01. The first-order chi connectivity index (χ1) is 9.12. The van der Waals surface area contributed by atoms with Crippen LogP contribution < -0.4 is 11.5 Å². The molecule has 0 aromatic heterocycles. The van der Waals surface area contributed by atoms with Gasteiger partial charge in [-0.3, -0.25) is 9.55 Å². The van der Waals surface area contributed by atoms with E-state index in [1.165, 1.54) is 24.3 Å². The smallest absolute Gasteiger partial charge is 0.294 e. The Morgan fingerprint density at radius 3 is 2.20 bits per heavy atom. The van der Waals surface area contributed by atoms with Crippen LogP contribution in [0.15, 0.2) is 34.2 Å². The quantitative estimate of drug-likeness (QED) is 0.362. The average molecular weight is 319 g/mol. The largest absolute Gasteiger partial charge is 0.393 e. The molecule has 0 saturated carbocycles. The summed E-state index contributed by atoms with van der Waals surface area (Å²) in [7, 11) is -4.15. The van der Waals surface area contributed by atoms with E-state index in [-0.39, 0.29) is 10.0 Å². The van der Waals surface area contributed by atoms with E-state index >= 15 is 0 Å². The molecule has 1 unspecified atom stereocenters. The maximum absolute atomic E-state index is 10.7. The van der Waals surface area contributed by atoms with Crippen molar-refractivity contribution < 1.29 is 18.1 Å². The third kappa shape index (κ3) is 9.39. The number of nitrogens with zero attached hydrogens (tertiary/aromatic N) is 1. The average Bonchev–Trinajstić information content (AvgIpc) is 2.27. The molecule has 1 rings (SSSR count). The van der Waals surface area contributed by atoms with E-state index in [4.69, 9.17) is 9.66 Å². The number of aliphatic hydroxyl groups is 1. The lowest BCUT2D eigenvalue weighted by Gasteiger charge is -1.98. The Labute approximate surface area is 123 Å². The van der Waals surface area contributed by atoms with E-state index in [1.54, 1.807) is 13.1 Å². The van der Waals surface area contributed by atoms with Gasteiger partial charge in [-0.25, -0.2) is 0 Å². The van der Waals surface area contributed by atoms with Crippen LogP contribution in [0.5, 0.6) is 0 Å². The highest BCUT2D eigenvalue weighted by Crippen LogP contribution is 2.15. The molecule has 1 aromatic rings. The van der Waals surface area contributed by atoms with Crippen molar-refractivity contribution in [3.05, 3.63) is 24.3 Å². The summed E-state index contributed by atoms with van der Waals surface area (Å²) in [5.74, 6) is 0. The van der Waals surface area contributed by atoms with Crippen molar-refractivity contribution >= 4 is 39.4 Å². The summed E-state index contributed by atoms with van der Waals surface area (Å²) in [6.07, 6.45) is 1.52. The highest BCUT2D eigenvalue weighted by atomic mass is 32.2. The van der Waals surface area contributed by atoms with Gasteiger partial charge in [0.25, 0.3) is 10.1 Å². The number of hydrogen-bond donors (Lipinski definition) is 4. The summed E-state index contributed by atoms with van der Waals surface area (Å²) >= 11 is 4.09. The van der Waals surface area contributed by atoms with E-state index in [9.17, 15) is 8.42 Å². The van der Waals surface area contributed by atoms with Crippen molar-refractivity contribution in [3.8, 4) is 0 Å². The Bertz CT molecular complexity index is 550. The van der Waals surface area contributed by atoms with Crippen molar-refractivity contribution in [1.82, 2.24) is 0 Å². The Morgan fingerprint density at radius 1 is 1.40 bits per heavy atom. The Morgan fingerprint density at radius 2 is 1.85 bits per heavy atom. The topological polar surface area (TPSA) is 139 Å². The van der Waals surface area contributed by atoms with Crippen molar-refractivity contribution in [3.63, 3.8) is 0 Å². The lowest BCUT2D eigenvalue weighted by Crippen LogP contribution is -2.18. The summed E-state index contributed by atoms with van der Waals surface area (Å²) in [6.45, 7) is 1.65. The van der Waals surface area contributed by atoms with Crippen LogP contribution in [0, 0.1) is 0 Å². The lowest BCUT2D eigenvalue weighted by atomic mass is 10.3. The van der Waals surface area contributed by atoms with Crippen LogP contribution >= 0.6 is 12.2 Å². The fourth-order valence-corrected chi connectivity index (χ4v) is 1.49. The van der Waals surface area contributed by atoms with Crippen molar-refractivity contribution in [1.29, 1.82) is 0 Å². The minimum Gasteiger partial charge on any atom is -0.393 e. The summed E-state index contributed by atoms with van der Waals surface area (Å²) in [5, 5.41) is 8.98. The lowest BCUT2D eigenvalue weighted by molar-refractivity contribution is 0.204. The molecule has 0 aliphatic carbocycles. The van der Waals surface area contributed by atoms with Gasteiger partial charge >= 0.3 is 0 Å². The predicted molar refractivity (Wildman–Crippen MR) is 81.7 cm³/mol. The minimum absolute atomic E-state index is 0.000000000000000222. The Hall–Kier alpha value is -1.55. The van der Waals surface area contributed by atoms with Gasteiger partial charge in [0.2, 0.25) is 0 Å². The number of thiocarbonyl (C=S) groups is 1. The van der Waals surface area contributed by atoms with Crippen LogP contribution in [0.2, 0.25) is 0 Å². The predicted octanol–water partition coefficient (Wildman–Crippen LogP) is 0.595. The molecule has 1 atom stereocenters. The van der Waals surface area contributed by atoms with E-state index in [2.05, 4.69) is 28.7 Å². The molecule has 112 valence electrons. The third-order valence-corrected chi connectivity index (χ3v) is 2.69. The van der Waals surface area contributed by atoms with E-state index in [0.717, 1.165) is 0 Å². The molecule has 1 aromatic carbocycles. The highest BCUT2D eigenvalue weighted by Gasteiger charge is 2.07. The van der Waals surface area contributed by atoms with Gasteiger partial charge in [-0.15, -0.1) is 0 Å². The molecule has 0 aliphatic rings. The maximum Gasteiger partial charge on any atom is 0.294 e. The minimum atomic E-state index is -4.15. The van der Waals surface area contributed by atoms with Crippen molar-refractivity contribution in [2.45, 2.75) is 24.3 Å². The summed E-state index contributed by atoms with van der Waals surface area (Å²) in [4.78, 5) is 3.84. The molecule has 0 fully saturated rings. The number of rotatable bonds is 4. The van der Waals surface area contributed by atoms with Gasteiger partial charge < -0.3 is 16.6 Å². The second-order valence-electron chi connectivity index (χ2n) is 3.77. The zero-order valence-corrected chi connectivity index (χ0v) is 12.4. The monoisotopic (exact) mass is 319 g/mol. The molecule has 0 amide bonds. The molecule has 0 spiro atoms. The van der Waals surface area contributed by atoms with Crippen LogP contribution in [0.4, 0.5) is 5.69 Å². The van der Waals surface area contributed by atoms with Gasteiger partial charge in [0, 0.05) is 12.6 Å². The maximum atomic E-state index is 10.7. The first kappa shape index (κ1) is 18.4. The van der Waals surface area contributed by atoms with Gasteiger partial charge in [-0.2, -0.15) is 8.42 Å². The molecule has 0 saturated heterocycles. The third-order valence-electron chi connectivity index (χ3n) is 1.82. The first-order valence-corrected chi connectivity index (χ1v) is 7.31. The van der Waals surface area contributed by atoms with Gasteiger partial charge in [0.15, 0.2) is 5.11 Å². The molecular weight excluding hydrogens is 302 g/mol. The molecule has 20 heavy (non-hydrogen) atoms. The molecule has 0 radical (unpaired) electrons. The number of aliphatic imine (C=N–C) groups is 1. The van der Waals surface area contributed by atoms with Gasteiger partial charge in [-0.1, -0.05) is 0 Å². The fraction of sp³-hybridized carbons (Fsp3) is 0.273. The van der Waals surface area contributed by atoms with E-state index in [1.807, 2.05) is 0 Å². The molecule has 6 N–H and O–H groups in total. The second kappa shape index (κ2) is 8.59. The molecule has 0 aliphatic heterocycles. The second-order valence-corrected chi connectivity index (χ2v) is 5.66. The Kier molecular flexibility index (Phi) is 7.92. The zero-order valence-electron chi connectivity index (χ0n) is 10.8. The highest BCUT2D eigenvalue weighted by molar-refractivity contribution is 7.85. The van der Waals surface area contributed by atoms with Gasteiger partial charge in [0.1, 0.15) is 0 Å². The van der Waals surface area contributed by atoms with Crippen LogP contribution in [0.25, 0.3) is 0 Å². The number of benzene rings is 1.